The van der Waals surface area contributed by atoms with E-state index >= 15 is 0 Å². The molecule has 6 heterocycles. The highest BCUT2D eigenvalue weighted by Gasteiger charge is 2.32. The van der Waals surface area contributed by atoms with Gasteiger partial charge in [-0.3, -0.25) is 59.1 Å². The number of pyridine rings is 3. The fraction of sp³-hybridized carbons (Fsp3) is 0.456. The minimum Gasteiger partial charge on any atom is -0.347 e. The number of imide groups is 3. The second-order valence-corrected chi connectivity index (χ2v) is 19.4. The van der Waals surface area contributed by atoms with Crippen LogP contribution in [-0.2, 0) is 72.5 Å². The minimum atomic E-state index is -0.585. The predicted octanol–water partition coefficient (Wildman–Crippen LogP) is 7.20. The first-order chi connectivity index (χ1) is 34.8. The van der Waals surface area contributed by atoms with Gasteiger partial charge in [0.15, 0.2) is 16.3 Å². The molecular weight excluding hydrogens is 913 g/mol. The molecule has 15 heteroatoms. The van der Waals surface area contributed by atoms with E-state index in [9.17, 15) is 43.2 Å². The average Bonchev–Trinajstić information content (AvgIpc) is 4.18. The van der Waals surface area contributed by atoms with E-state index in [1.54, 1.807) is 18.2 Å². The molecule has 1 aliphatic carbocycles. The molecule has 3 aromatic heterocycles. The predicted molar refractivity (Wildman–Crippen MR) is 276 cm³/mol. The summed E-state index contributed by atoms with van der Waals surface area (Å²) in [4.78, 5) is 109. The molecule has 15 nitrogen and oxygen atoms in total. The van der Waals surface area contributed by atoms with Gasteiger partial charge in [0, 0.05) is 78.4 Å². The van der Waals surface area contributed by atoms with E-state index < -0.39 is 17.7 Å². The first-order valence-corrected chi connectivity index (χ1v) is 26.0. The van der Waals surface area contributed by atoms with Crippen LogP contribution >= 0.6 is 0 Å². The summed E-state index contributed by atoms with van der Waals surface area (Å²) in [5.41, 5.74) is 5.23. The Bertz CT molecular complexity index is 3080. The third kappa shape index (κ3) is 12.5. The maximum absolute atomic E-state index is 12.7. The van der Waals surface area contributed by atoms with Crippen molar-refractivity contribution in [3.05, 3.63) is 148 Å². The summed E-state index contributed by atoms with van der Waals surface area (Å²) in [6.07, 6.45) is 15.3. The van der Waals surface area contributed by atoms with Crippen LogP contribution < -0.4 is 32.2 Å². The van der Waals surface area contributed by atoms with E-state index in [0.717, 1.165) is 129 Å². The van der Waals surface area contributed by atoms with Gasteiger partial charge in [-0.2, -0.15) is 0 Å². The number of hydrogen-bond acceptors (Lipinski definition) is 9. The molecule has 6 amide bonds. The number of unbranched alkanes of at least 4 members (excludes halogenated alkanes) is 5. The van der Waals surface area contributed by atoms with Gasteiger partial charge in [0.05, 0.1) is 19.3 Å². The Morgan fingerprint density at radius 3 is 1.39 bits per heavy atom. The molecule has 2 aromatic carbocycles. The molecule has 0 saturated heterocycles. The topological polar surface area (TPSA) is 205 Å². The van der Waals surface area contributed by atoms with Crippen LogP contribution in [0.1, 0.15) is 176 Å². The van der Waals surface area contributed by atoms with Gasteiger partial charge >= 0.3 is 0 Å². The second-order valence-electron chi connectivity index (χ2n) is 19.4. The maximum Gasteiger partial charge on any atom is 0.263 e. The molecule has 0 spiro atoms. The van der Waals surface area contributed by atoms with Crippen molar-refractivity contribution in [3.63, 3.8) is 0 Å². The van der Waals surface area contributed by atoms with E-state index in [0.29, 0.717) is 30.0 Å². The van der Waals surface area contributed by atoms with Crippen molar-refractivity contribution < 1.29 is 28.8 Å². The van der Waals surface area contributed by atoms with E-state index in [4.69, 9.17) is 0 Å². The van der Waals surface area contributed by atoms with Gasteiger partial charge in [0.1, 0.15) is 16.7 Å². The highest BCUT2D eigenvalue weighted by molar-refractivity contribution is 6.10. The summed E-state index contributed by atoms with van der Waals surface area (Å²) in [5, 5.41) is 9.04. The Labute approximate surface area is 419 Å². The maximum atomic E-state index is 12.7. The van der Waals surface area contributed by atoms with Crippen LogP contribution in [-0.4, -0.2) is 49.1 Å². The van der Waals surface area contributed by atoms with Crippen molar-refractivity contribution in [3.8, 4) is 0 Å². The number of amides is 6. The zero-order valence-electron chi connectivity index (χ0n) is 42.2. The Balaban J connectivity index is 0.000000160. The van der Waals surface area contributed by atoms with Gasteiger partial charge in [-0.1, -0.05) is 115 Å². The molecular formula is C57H68N6O9. The van der Waals surface area contributed by atoms with Gasteiger partial charge in [0.2, 0.25) is 17.7 Å². The zero-order valence-corrected chi connectivity index (χ0v) is 42.2. The summed E-state index contributed by atoms with van der Waals surface area (Å²) in [6.45, 7) is 10.6. The van der Waals surface area contributed by atoms with E-state index in [2.05, 4.69) is 72.5 Å². The highest BCUT2D eigenvalue weighted by Crippen LogP contribution is 2.34. The van der Waals surface area contributed by atoms with Gasteiger partial charge in [-0.25, -0.2) is 0 Å². The number of nitrogens with one attached hydrogen (secondary N) is 3. The van der Waals surface area contributed by atoms with Crippen LogP contribution in [0, 0.1) is 5.92 Å². The number of aryl methyl sites for hydroxylation is 2. The fourth-order valence-corrected chi connectivity index (χ4v) is 10.00. The highest BCUT2D eigenvalue weighted by atomic mass is 16.2. The third-order valence-electron chi connectivity index (χ3n) is 13.9. The van der Waals surface area contributed by atoms with E-state index in [1.807, 2.05) is 27.3 Å². The molecule has 3 N–H and O–H groups in total. The van der Waals surface area contributed by atoms with Crippen LogP contribution in [0.5, 0.6) is 0 Å². The molecule has 1 saturated carbocycles. The Kier molecular flexibility index (Phi) is 17.9. The molecule has 0 bridgehead atoms. The number of carbonyl (C=O) groups is 6. The molecule has 72 heavy (non-hydrogen) atoms. The van der Waals surface area contributed by atoms with Crippen LogP contribution in [0.3, 0.4) is 0 Å². The first-order valence-electron chi connectivity index (χ1n) is 26.0. The molecule has 4 aliphatic rings. The smallest absolute Gasteiger partial charge is 0.263 e. The number of carbonyl (C=O) groups excluding carboxylic acids is 6. The van der Waals surface area contributed by atoms with Crippen LogP contribution in [0.25, 0.3) is 10.8 Å². The first kappa shape index (κ1) is 52.8. The monoisotopic (exact) mass is 981 g/mol. The molecule has 5 aromatic rings. The lowest BCUT2D eigenvalue weighted by molar-refractivity contribution is -0.120. The quantitative estimate of drug-likeness (QED) is 0.0599. The van der Waals surface area contributed by atoms with Crippen molar-refractivity contribution in [2.45, 2.75) is 163 Å². The van der Waals surface area contributed by atoms with Crippen molar-refractivity contribution in [1.82, 2.24) is 29.7 Å². The van der Waals surface area contributed by atoms with Crippen molar-refractivity contribution in [2.75, 3.05) is 0 Å². The largest absolute Gasteiger partial charge is 0.347 e. The molecule has 0 radical (unpaired) electrons. The van der Waals surface area contributed by atoms with Crippen molar-refractivity contribution >= 4 is 46.2 Å². The molecule has 380 valence electrons. The number of rotatable bonds is 18. The lowest BCUT2D eigenvalue weighted by Crippen LogP contribution is -2.43. The summed E-state index contributed by atoms with van der Waals surface area (Å²) >= 11 is 0. The summed E-state index contributed by atoms with van der Waals surface area (Å²) in [5.74, 6) is -1.90. The normalized spacial score (nSPS) is 14.8. The Morgan fingerprint density at radius 2 is 0.903 bits per heavy atom. The van der Waals surface area contributed by atoms with Gasteiger partial charge in [-0.05, 0) is 67.2 Å². The summed E-state index contributed by atoms with van der Waals surface area (Å²) in [6, 6.07) is 19.0. The second kappa shape index (κ2) is 24.4. The summed E-state index contributed by atoms with van der Waals surface area (Å²) < 4.78 is 6.11. The summed E-state index contributed by atoms with van der Waals surface area (Å²) in [7, 11) is 0. The number of benzene rings is 2. The fourth-order valence-electron chi connectivity index (χ4n) is 10.00. The Hall–Kier alpha value is -7.03. The third-order valence-corrected chi connectivity index (χ3v) is 13.9. The van der Waals surface area contributed by atoms with Gasteiger partial charge < -0.3 is 13.7 Å². The van der Waals surface area contributed by atoms with E-state index in [1.165, 1.54) is 12.8 Å². The molecule has 1 fully saturated rings. The van der Waals surface area contributed by atoms with Gasteiger partial charge in [0.25, 0.3) is 17.7 Å². The molecule has 0 unspecified atom stereocenters. The average molecular weight is 981 g/mol. The number of nitrogens with zero attached hydrogens (tertiary/aromatic N) is 3. The van der Waals surface area contributed by atoms with Crippen molar-refractivity contribution in [2.24, 2.45) is 5.92 Å². The van der Waals surface area contributed by atoms with Crippen molar-refractivity contribution in [1.29, 1.82) is 0 Å². The molecule has 0 atom stereocenters. The molecule has 3 aliphatic heterocycles. The lowest BCUT2D eigenvalue weighted by atomic mass is 9.98. The lowest BCUT2D eigenvalue weighted by Gasteiger charge is -2.24. The standard InChI is InChI=1S/C23H22N2O3.C17H22N2O3.C17H24N2O3/c1-2-3-11-25-17(12-16-9-6-8-15-7-4-5-10-18(15)16)13-20(26)22-19(25)14-21(27)24-23(22)28;1-2-3-8-19-12(7-6-11-4-5-11)9-14(20)16-13(19)10-15(21)18-17(16)22;1-3-5-7-9-19-12(8-6-4-2)10-14(20)16-13(19)11-15(21)18-17(16)22/h4-10,13H,2-3,11-12,14H2,1H3,(H,24,27,28);9,11H,2-8,10H2,1H3,(H,18,21,22);10H,3-9,11H2,1-2H3,(H,18,21,22). The molecule has 9 rings (SSSR count). The Morgan fingerprint density at radius 1 is 0.472 bits per heavy atom. The van der Waals surface area contributed by atoms with Crippen LogP contribution in [0.15, 0.2) is 75.0 Å². The number of hydrogen-bond donors (Lipinski definition) is 3. The van der Waals surface area contributed by atoms with E-state index in [-0.39, 0.29) is 70.0 Å². The zero-order chi connectivity index (χ0) is 51.5. The van der Waals surface area contributed by atoms with Crippen LogP contribution in [0.4, 0.5) is 0 Å². The van der Waals surface area contributed by atoms with Crippen LogP contribution in [0.2, 0.25) is 0 Å². The SMILES string of the molecule is CCCCCn1c(CCCC)cc(=O)c2c1CC(=O)NC2=O.CCCCn1c(CCC2CC2)cc(=O)c2c1CC(=O)NC2=O.CCCCn1c(Cc2cccc3ccccc23)cc(=O)c2c1CC(=O)NC2=O. The number of fused-ring (bicyclic) bond motifs is 4. The minimum absolute atomic E-state index is 0.0589. The van der Waals surface area contributed by atoms with Gasteiger partial charge in [-0.15, -0.1) is 0 Å². The number of aromatic nitrogens is 3.